The highest BCUT2D eigenvalue weighted by Gasteiger charge is 2.19. The number of carbonyl (C=O) groups excluding carboxylic acids is 1. The van der Waals surface area contributed by atoms with Gasteiger partial charge in [0.25, 0.3) is 11.5 Å². The second-order valence-corrected chi connectivity index (χ2v) is 9.77. The Labute approximate surface area is 245 Å². The first-order valence-electron chi connectivity index (χ1n) is 13.4. The van der Waals surface area contributed by atoms with Gasteiger partial charge in [-0.2, -0.15) is 0 Å². The number of amides is 1. The highest BCUT2D eigenvalue weighted by atomic mass is 19.1. The molecule has 0 aliphatic heterocycles. The average Bonchev–Trinajstić information content (AvgIpc) is 3.42. The molecule has 1 amide bonds. The van der Waals surface area contributed by atoms with Crippen molar-refractivity contribution in [2.75, 3.05) is 5.32 Å². The van der Waals surface area contributed by atoms with Crippen molar-refractivity contribution in [2.24, 2.45) is 7.05 Å². The Bertz CT molecular complexity index is 1960. The first kappa shape index (κ1) is 28.9. The minimum absolute atomic E-state index is 0.148. The summed E-state index contributed by atoms with van der Waals surface area (Å²) in [6, 6.07) is 11.7. The molecular weight excluding hydrogens is 553 g/mol. The Balaban J connectivity index is 1.43. The average molecular weight is 582 g/mol. The van der Waals surface area contributed by atoms with Gasteiger partial charge in [0.1, 0.15) is 22.9 Å². The second kappa shape index (κ2) is 12.1. The second-order valence-electron chi connectivity index (χ2n) is 9.77. The molecule has 5 aromatic rings. The van der Waals surface area contributed by atoms with Gasteiger partial charge in [-0.3, -0.25) is 19.1 Å². The maximum Gasteiger partial charge on any atom is 0.335 e. The largest absolute Gasteiger partial charge is 0.455 e. The van der Waals surface area contributed by atoms with Gasteiger partial charge in [-0.25, -0.2) is 18.7 Å². The lowest BCUT2D eigenvalue weighted by atomic mass is 10.1. The highest BCUT2D eigenvalue weighted by Crippen LogP contribution is 2.32. The summed E-state index contributed by atoms with van der Waals surface area (Å²) in [5.74, 6) is -0.263. The number of ether oxygens (including phenoxy) is 1. The lowest BCUT2D eigenvalue weighted by Crippen LogP contribution is -2.42. The standard InChI is InChI=1S/C31H28FN7O4/c1-4-38-16-24(30(41)39(31(38)42)23-8-5-21(32)6-9-23)29(40)36-22-7-10-27(19(2)13-22)43-28-14-20(15-34-25(28)11-12-33)26-17-37(3)18-35-26/h5-10,12-18,33H,4,11H2,1-3H3,(H,36,40). The van der Waals surface area contributed by atoms with Crippen LogP contribution >= 0.6 is 0 Å². The van der Waals surface area contributed by atoms with E-state index >= 15 is 0 Å². The summed E-state index contributed by atoms with van der Waals surface area (Å²) in [7, 11) is 1.87. The molecule has 11 nitrogen and oxygen atoms in total. The number of rotatable bonds is 9. The number of nitrogens with zero attached hydrogens (tertiary/aromatic N) is 5. The number of benzene rings is 2. The molecule has 218 valence electrons. The Morgan fingerprint density at radius 2 is 1.84 bits per heavy atom. The zero-order valence-corrected chi connectivity index (χ0v) is 23.7. The van der Waals surface area contributed by atoms with Crippen molar-refractivity contribution in [3.05, 3.63) is 117 Å². The van der Waals surface area contributed by atoms with Gasteiger partial charge in [0.2, 0.25) is 0 Å². The molecular formula is C31H28FN7O4. The zero-order chi connectivity index (χ0) is 30.7. The van der Waals surface area contributed by atoms with E-state index in [1.165, 1.54) is 29.1 Å². The van der Waals surface area contributed by atoms with Crippen LogP contribution in [0.5, 0.6) is 11.5 Å². The van der Waals surface area contributed by atoms with Gasteiger partial charge in [-0.15, -0.1) is 0 Å². The van der Waals surface area contributed by atoms with Crippen LogP contribution in [-0.2, 0) is 20.0 Å². The molecule has 12 heteroatoms. The quantitative estimate of drug-likeness (QED) is 0.246. The molecule has 5 rings (SSSR count). The van der Waals surface area contributed by atoms with E-state index in [0.29, 0.717) is 28.4 Å². The van der Waals surface area contributed by atoms with Crippen LogP contribution in [0.25, 0.3) is 16.9 Å². The van der Waals surface area contributed by atoms with Crippen LogP contribution in [-0.4, -0.2) is 35.8 Å². The predicted octanol–water partition coefficient (Wildman–Crippen LogP) is 4.50. The normalized spacial score (nSPS) is 10.9. The van der Waals surface area contributed by atoms with Gasteiger partial charge in [0.15, 0.2) is 0 Å². The van der Waals surface area contributed by atoms with Gasteiger partial charge in [-0.1, -0.05) is 0 Å². The monoisotopic (exact) mass is 581 g/mol. The molecule has 0 fully saturated rings. The summed E-state index contributed by atoms with van der Waals surface area (Å²) in [6.07, 6.45) is 7.98. The third-order valence-corrected chi connectivity index (χ3v) is 6.70. The lowest BCUT2D eigenvalue weighted by Gasteiger charge is -2.15. The number of imidazole rings is 1. The molecule has 0 spiro atoms. The summed E-state index contributed by atoms with van der Waals surface area (Å²) >= 11 is 0. The van der Waals surface area contributed by atoms with Crippen molar-refractivity contribution in [3.8, 4) is 28.4 Å². The van der Waals surface area contributed by atoms with Crippen LogP contribution in [0, 0.1) is 18.2 Å². The number of aromatic nitrogens is 5. The van der Waals surface area contributed by atoms with Gasteiger partial charge in [0.05, 0.1) is 23.4 Å². The van der Waals surface area contributed by atoms with E-state index in [2.05, 4.69) is 15.3 Å². The number of pyridine rings is 1. The molecule has 0 atom stereocenters. The number of nitrogens with one attached hydrogen (secondary N) is 2. The Kier molecular flexibility index (Phi) is 8.10. The first-order chi connectivity index (χ1) is 20.7. The molecule has 2 N–H and O–H groups in total. The summed E-state index contributed by atoms with van der Waals surface area (Å²) in [4.78, 5) is 48.3. The third kappa shape index (κ3) is 6.03. The maximum atomic E-state index is 13.5. The number of anilines is 1. The Morgan fingerprint density at radius 3 is 2.49 bits per heavy atom. The van der Waals surface area contributed by atoms with E-state index in [1.807, 2.05) is 23.9 Å². The number of halogens is 1. The van der Waals surface area contributed by atoms with Crippen LogP contribution in [0.1, 0.15) is 28.5 Å². The van der Waals surface area contributed by atoms with Crippen molar-refractivity contribution in [2.45, 2.75) is 26.8 Å². The van der Waals surface area contributed by atoms with Crippen LogP contribution in [0.15, 0.2) is 83.0 Å². The molecule has 0 radical (unpaired) electrons. The Morgan fingerprint density at radius 1 is 1.07 bits per heavy atom. The topological polar surface area (TPSA) is 137 Å². The molecule has 0 saturated heterocycles. The van der Waals surface area contributed by atoms with Gasteiger partial charge < -0.3 is 20.0 Å². The van der Waals surface area contributed by atoms with E-state index in [1.54, 1.807) is 44.6 Å². The SMILES string of the molecule is CCn1cc(C(=O)Nc2ccc(Oc3cc(-c4cn(C)cn4)cnc3CC=N)c(C)c2)c(=O)n(-c2ccc(F)cc2)c1=O. The van der Waals surface area contributed by atoms with E-state index in [0.717, 1.165) is 28.0 Å². The van der Waals surface area contributed by atoms with Crippen molar-refractivity contribution >= 4 is 17.8 Å². The maximum absolute atomic E-state index is 13.5. The van der Waals surface area contributed by atoms with E-state index in [9.17, 15) is 18.8 Å². The van der Waals surface area contributed by atoms with E-state index < -0.39 is 23.0 Å². The Hall–Kier alpha value is -5.65. The summed E-state index contributed by atoms with van der Waals surface area (Å²) in [5.41, 5.74) is 1.57. The molecule has 43 heavy (non-hydrogen) atoms. The van der Waals surface area contributed by atoms with Gasteiger partial charge in [-0.05, 0) is 67.9 Å². The van der Waals surface area contributed by atoms with Crippen molar-refractivity contribution in [1.82, 2.24) is 23.7 Å². The third-order valence-electron chi connectivity index (χ3n) is 6.70. The molecule has 3 aromatic heterocycles. The van der Waals surface area contributed by atoms with E-state index in [4.69, 9.17) is 10.1 Å². The van der Waals surface area contributed by atoms with Gasteiger partial charge >= 0.3 is 5.69 Å². The summed E-state index contributed by atoms with van der Waals surface area (Å²) < 4.78 is 23.6. The molecule has 0 aliphatic carbocycles. The molecule has 0 saturated carbocycles. The summed E-state index contributed by atoms with van der Waals surface area (Å²) in [5, 5.41) is 10.3. The van der Waals surface area contributed by atoms with Crippen molar-refractivity contribution < 1.29 is 13.9 Å². The zero-order valence-electron chi connectivity index (χ0n) is 23.7. The number of hydrogen-bond acceptors (Lipinski definition) is 7. The molecule has 3 heterocycles. The smallest absolute Gasteiger partial charge is 0.335 e. The molecule has 0 unspecified atom stereocenters. The molecule has 0 aliphatic rings. The lowest BCUT2D eigenvalue weighted by molar-refractivity contribution is 0.102. The predicted molar refractivity (Wildman–Crippen MR) is 160 cm³/mol. The fraction of sp³-hybridized carbons (Fsp3) is 0.161. The first-order valence-corrected chi connectivity index (χ1v) is 13.4. The summed E-state index contributed by atoms with van der Waals surface area (Å²) in [6.45, 7) is 3.72. The van der Waals surface area contributed by atoms with Crippen LogP contribution in [0.3, 0.4) is 0 Å². The van der Waals surface area contributed by atoms with Crippen LogP contribution < -0.4 is 21.3 Å². The number of aryl methyl sites for hydroxylation is 3. The minimum Gasteiger partial charge on any atom is -0.455 e. The fourth-order valence-electron chi connectivity index (χ4n) is 4.47. The molecule has 2 aromatic carbocycles. The van der Waals surface area contributed by atoms with Crippen LogP contribution in [0.2, 0.25) is 0 Å². The van der Waals surface area contributed by atoms with Crippen molar-refractivity contribution in [3.63, 3.8) is 0 Å². The minimum atomic E-state index is -0.825. The van der Waals surface area contributed by atoms with Crippen LogP contribution in [0.4, 0.5) is 10.1 Å². The number of hydrogen-bond donors (Lipinski definition) is 2. The van der Waals surface area contributed by atoms with Crippen molar-refractivity contribution in [1.29, 1.82) is 5.41 Å². The highest BCUT2D eigenvalue weighted by molar-refractivity contribution is 6.04. The fourth-order valence-corrected chi connectivity index (χ4v) is 4.47. The number of carbonyl (C=O) groups is 1. The van der Waals surface area contributed by atoms with Gasteiger partial charge in [0, 0.05) is 56.1 Å². The molecule has 0 bridgehead atoms. The van der Waals surface area contributed by atoms with E-state index in [-0.39, 0.29) is 24.2 Å².